The van der Waals surface area contributed by atoms with Gasteiger partial charge in [0.2, 0.25) is 0 Å². The van der Waals surface area contributed by atoms with Crippen LogP contribution in [0.2, 0.25) is 0 Å². The lowest BCUT2D eigenvalue weighted by atomic mass is 10.2. The van der Waals surface area contributed by atoms with Crippen LogP contribution in [-0.2, 0) is 6.61 Å². The molecular weight excluding hydrogens is 198 g/mol. The molecule has 2 aromatic rings. The predicted octanol–water partition coefficient (Wildman–Crippen LogP) is 2.43. The molecule has 1 aromatic heterocycles. The number of aromatic nitrogens is 1. The highest BCUT2D eigenvalue weighted by Crippen LogP contribution is 2.26. The van der Waals surface area contributed by atoms with Gasteiger partial charge in [-0.25, -0.2) is 4.98 Å². The Balaban J connectivity index is 2.24. The van der Waals surface area contributed by atoms with E-state index in [-0.39, 0.29) is 6.61 Å². The first-order valence-corrected chi connectivity index (χ1v) is 5.04. The van der Waals surface area contributed by atoms with Crippen LogP contribution in [0.5, 0.6) is 10.9 Å². The maximum atomic E-state index is 9.05. The van der Waals surface area contributed by atoms with Crippen molar-refractivity contribution in [2.24, 2.45) is 0 Å². The van der Waals surface area contributed by atoms with Crippen molar-refractivity contribution in [2.75, 3.05) is 0 Å². The van der Waals surface area contributed by atoms with Gasteiger partial charge in [-0.05, 0) is 6.07 Å². The van der Waals surface area contributed by atoms with E-state index in [1.165, 1.54) is 11.3 Å². The first-order chi connectivity index (χ1) is 6.90. The maximum Gasteiger partial charge on any atom is 0.278 e. The van der Waals surface area contributed by atoms with Crippen molar-refractivity contribution >= 4 is 11.3 Å². The summed E-state index contributed by atoms with van der Waals surface area (Å²) in [5.74, 6) is 0.657. The van der Waals surface area contributed by atoms with Crippen LogP contribution < -0.4 is 4.74 Å². The van der Waals surface area contributed by atoms with Gasteiger partial charge in [0.1, 0.15) is 5.75 Å². The Morgan fingerprint density at radius 1 is 1.36 bits per heavy atom. The minimum Gasteiger partial charge on any atom is -0.431 e. The molecule has 0 radical (unpaired) electrons. The molecule has 0 saturated heterocycles. The van der Waals surface area contributed by atoms with Crippen LogP contribution >= 0.6 is 11.3 Å². The van der Waals surface area contributed by atoms with E-state index in [0.717, 1.165) is 5.56 Å². The van der Waals surface area contributed by atoms with Gasteiger partial charge in [0, 0.05) is 17.1 Å². The monoisotopic (exact) mass is 207 g/mol. The molecular formula is C10H9NO2S. The van der Waals surface area contributed by atoms with Gasteiger partial charge >= 0.3 is 0 Å². The number of hydrogen-bond donors (Lipinski definition) is 1. The Kier molecular flexibility index (Phi) is 2.76. The van der Waals surface area contributed by atoms with Crippen LogP contribution in [0.3, 0.4) is 0 Å². The van der Waals surface area contributed by atoms with E-state index in [1.54, 1.807) is 6.20 Å². The van der Waals surface area contributed by atoms with E-state index >= 15 is 0 Å². The first kappa shape index (κ1) is 9.18. The Labute approximate surface area is 85.6 Å². The molecule has 1 aromatic carbocycles. The average Bonchev–Trinajstić information content (AvgIpc) is 2.71. The van der Waals surface area contributed by atoms with Crippen molar-refractivity contribution in [2.45, 2.75) is 6.61 Å². The number of aliphatic hydroxyl groups is 1. The molecule has 0 bridgehead atoms. The second-order valence-corrected chi connectivity index (χ2v) is 3.52. The third-order valence-corrected chi connectivity index (χ3v) is 2.40. The van der Waals surface area contributed by atoms with Gasteiger partial charge in [-0.15, -0.1) is 0 Å². The van der Waals surface area contributed by atoms with Crippen molar-refractivity contribution in [1.29, 1.82) is 0 Å². The summed E-state index contributed by atoms with van der Waals surface area (Å²) in [6, 6.07) is 7.36. The summed E-state index contributed by atoms with van der Waals surface area (Å²) >= 11 is 1.42. The number of thiazole rings is 1. The summed E-state index contributed by atoms with van der Waals surface area (Å²) in [7, 11) is 0. The third kappa shape index (κ3) is 1.92. The van der Waals surface area contributed by atoms with Crippen molar-refractivity contribution in [3.63, 3.8) is 0 Å². The van der Waals surface area contributed by atoms with Crippen LogP contribution in [0.25, 0.3) is 0 Å². The molecule has 0 amide bonds. The molecule has 1 N–H and O–H groups in total. The summed E-state index contributed by atoms with van der Waals surface area (Å²) in [5, 5.41) is 11.5. The smallest absolute Gasteiger partial charge is 0.278 e. The van der Waals surface area contributed by atoms with Crippen LogP contribution in [0.4, 0.5) is 0 Å². The minimum absolute atomic E-state index is 0.0262. The van der Waals surface area contributed by atoms with E-state index < -0.39 is 0 Å². The number of nitrogens with zero attached hydrogens (tertiary/aromatic N) is 1. The summed E-state index contributed by atoms with van der Waals surface area (Å²) in [5.41, 5.74) is 0.766. The zero-order valence-corrected chi connectivity index (χ0v) is 8.20. The van der Waals surface area contributed by atoms with Crippen LogP contribution in [0, 0.1) is 0 Å². The molecule has 14 heavy (non-hydrogen) atoms. The molecule has 0 saturated carbocycles. The lowest BCUT2D eigenvalue weighted by molar-refractivity contribution is 0.276. The lowest BCUT2D eigenvalue weighted by Crippen LogP contribution is -1.90. The van der Waals surface area contributed by atoms with Gasteiger partial charge in [-0.3, -0.25) is 0 Å². The maximum absolute atomic E-state index is 9.05. The number of benzene rings is 1. The molecule has 0 atom stereocenters. The van der Waals surface area contributed by atoms with E-state index in [2.05, 4.69) is 4.98 Å². The van der Waals surface area contributed by atoms with E-state index in [0.29, 0.717) is 10.9 Å². The first-order valence-electron chi connectivity index (χ1n) is 4.16. The minimum atomic E-state index is -0.0262. The number of para-hydroxylation sites is 1. The molecule has 0 aliphatic heterocycles. The fourth-order valence-electron chi connectivity index (χ4n) is 1.09. The second-order valence-electron chi connectivity index (χ2n) is 2.67. The summed E-state index contributed by atoms with van der Waals surface area (Å²) in [6.45, 7) is -0.0262. The van der Waals surface area contributed by atoms with Crippen molar-refractivity contribution < 1.29 is 9.84 Å². The Morgan fingerprint density at radius 3 is 2.93 bits per heavy atom. The molecule has 3 nitrogen and oxygen atoms in total. The Morgan fingerprint density at radius 2 is 2.21 bits per heavy atom. The molecule has 72 valence electrons. The molecule has 4 heteroatoms. The van der Waals surface area contributed by atoms with Crippen molar-refractivity contribution in [3.8, 4) is 10.9 Å². The largest absolute Gasteiger partial charge is 0.431 e. The van der Waals surface area contributed by atoms with Crippen molar-refractivity contribution in [3.05, 3.63) is 41.4 Å². The summed E-state index contributed by atoms with van der Waals surface area (Å²) < 4.78 is 5.49. The zero-order chi connectivity index (χ0) is 9.80. The Hall–Kier alpha value is -1.39. The van der Waals surface area contributed by atoms with Crippen LogP contribution in [-0.4, -0.2) is 10.1 Å². The van der Waals surface area contributed by atoms with Gasteiger partial charge in [0.05, 0.1) is 6.61 Å². The number of aliphatic hydroxyl groups excluding tert-OH is 1. The third-order valence-electron chi connectivity index (χ3n) is 1.75. The second kappa shape index (κ2) is 4.21. The zero-order valence-electron chi connectivity index (χ0n) is 7.38. The fraction of sp³-hybridized carbons (Fsp3) is 0.100. The van der Waals surface area contributed by atoms with Crippen molar-refractivity contribution in [1.82, 2.24) is 4.98 Å². The quantitative estimate of drug-likeness (QED) is 0.840. The van der Waals surface area contributed by atoms with E-state index in [4.69, 9.17) is 9.84 Å². The molecule has 0 unspecified atom stereocenters. The highest BCUT2D eigenvalue weighted by Gasteiger charge is 2.03. The lowest BCUT2D eigenvalue weighted by Gasteiger charge is -2.05. The van der Waals surface area contributed by atoms with Crippen LogP contribution in [0.1, 0.15) is 5.56 Å². The summed E-state index contributed by atoms with van der Waals surface area (Å²) in [6.07, 6.45) is 1.68. The summed E-state index contributed by atoms with van der Waals surface area (Å²) in [4.78, 5) is 4.00. The molecule has 0 aliphatic rings. The highest BCUT2D eigenvalue weighted by atomic mass is 32.1. The fourth-order valence-corrected chi connectivity index (χ4v) is 1.59. The highest BCUT2D eigenvalue weighted by molar-refractivity contribution is 7.11. The van der Waals surface area contributed by atoms with E-state index in [1.807, 2.05) is 29.6 Å². The number of hydrogen-bond acceptors (Lipinski definition) is 4. The van der Waals surface area contributed by atoms with Gasteiger partial charge in [0.15, 0.2) is 0 Å². The predicted molar refractivity (Wildman–Crippen MR) is 54.6 cm³/mol. The normalized spacial score (nSPS) is 10.1. The van der Waals surface area contributed by atoms with Gasteiger partial charge in [-0.1, -0.05) is 29.5 Å². The van der Waals surface area contributed by atoms with Crippen LogP contribution in [0.15, 0.2) is 35.8 Å². The Bertz CT molecular complexity index is 400. The topological polar surface area (TPSA) is 42.4 Å². The van der Waals surface area contributed by atoms with E-state index in [9.17, 15) is 0 Å². The molecule has 0 spiro atoms. The number of rotatable bonds is 3. The van der Waals surface area contributed by atoms with Gasteiger partial charge < -0.3 is 9.84 Å². The molecule has 1 heterocycles. The SMILES string of the molecule is OCc1ccccc1Oc1nccs1. The van der Waals surface area contributed by atoms with Gasteiger partial charge in [-0.2, -0.15) is 0 Å². The average molecular weight is 207 g/mol. The van der Waals surface area contributed by atoms with Gasteiger partial charge in [0.25, 0.3) is 5.19 Å². The standard InChI is InChI=1S/C10H9NO2S/c12-7-8-3-1-2-4-9(8)13-10-11-5-6-14-10/h1-6,12H,7H2. The molecule has 0 aliphatic carbocycles. The molecule has 0 fully saturated rings. The molecule has 2 rings (SSSR count). The number of ether oxygens (including phenoxy) is 1.